The predicted octanol–water partition coefficient (Wildman–Crippen LogP) is 0.359. The average molecular weight is 456 g/mol. The number of aromatic amines is 4. The van der Waals surface area contributed by atoms with E-state index in [1.54, 1.807) is 49.6 Å². The first kappa shape index (κ1) is 29.5. The first-order chi connectivity index (χ1) is 13.5. The molecular weight excluding hydrogens is 444 g/mol. The zero-order chi connectivity index (χ0) is 21.3. The molecule has 4 aromatic rings. The molecule has 0 spiro atoms. The van der Waals surface area contributed by atoms with Crippen LogP contribution in [-0.4, -0.2) is 50.0 Å². The van der Waals surface area contributed by atoms with Gasteiger partial charge in [-0.05, 0) is 25.3 Å². The Hall–Kier alpha value is -4.24. The predicted molar refractivity (Wildman–Crippen MR) is 90.4 cm³/mol. The molecule has 0 saturated heterocycles. The zero-order valence-corrected chi connectivity index (χ0v) is 15.0. The number of aromatic nitrogens is 8. The Morgan fingerprint density at radius 3 is 0.759 bits per heavy atom. The first-order valence-corrected chi connectivity index (χ1v) is 6.51. The Bertz CT molecular complexity index is 528. The third-order valence-electron chi connectivity index (χ3n) is 1.45. The summed E-state index contributed by atoms with van der Waals surface area (Å²) < 4.78 is 0. The van der Waals surface area contributed by atoms with Gasteiger partial charge in [0.15, 0.2) is 0 Å². The van der Waals surface area contributed by atoms with Crippen LogP contribution in [0.1, 0.15) is 0 Å². The van der Waals surface area contributed by atoms with Gasteiger partial charge in [-0.15, -0.1) is 49.6 Å². The summed E-state index contributed by atoms with van der Waals surface area (Å²) in [7, 11) is 0. The fraction of sp³-hybridized carbons (Fsp3) is 0. The van der Waals surface area contributed by atoms with Crippen molar-refractivity contribution in [2.45, 2.75) is 0 Å². The molecule has 0 aliphatic carbocycles. The van der Waals surface area contributed by atoms with E-state index in [-0.39, 0.29) is 17.1 Å². The molecular formula is C12H12CuN10O6-4. The van der Waals surface area contributed by atoms with Crippen LogP contribution in [0.15, 0.2) is 49.6 Å². The Morgan fingerprint density at radius 1 is 0.552 bits per heavy atom. The summed E-state index contributed by atoms with van der Waals surface area (Å²) in [5.41, 5.74) is 0. The van der Waals surface area contributed by atoms with E-state index in [1.807, 2.05) is 0 Å². The molecule has 0 aromatic carbocycles. The van der Waals surface area contributed by atoms with E-state index < -0.39 is 10.2 Å². The zero-order valence-electron chi connectivity index (χ0n) is 14.1. The third-order valence-corrected chi connectivity index (χ3v) is 1.45. The summed E-state index contributed by atoms with van der Waals surface area (Å²) in [6.07, 6.45) is 23.3. The van der Waals surface area contributed by atoms with E-state index in [1.165, 1.54) is 0 Å². The normalized spacial score (nSPS) is 7.17. The van der Waals surface area contributed by atoms with E-state index >= 15 is 0 Å². The molecule has 17 heteroatoms. The molecule has 0 unspecified atom stereocenters. The van der Waals surface area contributed by atoms with Gasteiger partial charge in [-0.3, -0.25) is 0 Å². The fourth-order valence-corrected chi connectivity index (χ4v) is 0.745. The van der Waals surface area contributed by atoms with Gasteiger partial charge in [-0.25, -0.2) is 0 Å². The summed E-state index contributed by atoms with van der Waals surface area (Å²) in [5.74, 6) is 0. The maximum absolute atomic E-state index is 8.25. The molecule has 0 fully saturated rings. The SMILES string of the molecule is O=[N+]([O-])[O-].O=[N+]([O-])[O-].[Cu+2].[c-]1ncc[nH]1.[c-]1ncc[nH]1.[c-]1ncc[nH]1.[c-]1ncc[nH]1. The van der Waals surface area contributed by atoms with Gasteiger partial charge in [-0.1, -0.05) is 0 Å². The smallest absolute Gasteiger partial charge is 0.467 e. The fourth-order valence-electron chi connectivity index (χ4n) is 0.745. The van der Waals surface area contributed by atoms with E-state index in [0.717, 1.165) is 0 Å². The van der Waals surface area contributed by atoms with Gasteiger partial charge in [-0.2, -0.15) is 0 Å². The molecule has 0 amide bonds. The van der Waals surface area contributed by atoms with Crippen molar-refractivity contribution < 1.29 is 27.2 Å². The van der Waals surface area contributed by atoms with Crippen LogP contribution in [0.4, 0.5) is 0 Å². The van der Waals surface area contributed by atoms with Gasteiger partial charge < -0.3 is 70.5 Å². The van der Waals surface area contributed by atoms with E-state index in [9.17, 15) is 0 Å². The molecule has 4 heterocycles. The molecule has 29 heavy (non-hydrogen) atoms. The van der Waals surface area contributed by atoms with Crippen LogP contribution in [0.2, 0.25) is 0 Å². The molecule has 16 nitrogen and oxygen atoms in total. The van der Waals surface area contributed by atoms with Crippen molar-refractivity contribution in [3.05, 3.63) is 106 Å². The van der Waals surface area contributed by atoms with Gasteiger partial charge in [0.05, 0.1) is 10.2 Å². The van der Waals surface area contributed by atoms with Crippen LogP contribution >= 0.6 is 0 Å². The van der Waals surface area contributed by atoms with E-state index in [0.29, 0.717) is 0 Å². The van der Waals surface area contributed by atoms with E-state index in [2.05, 4.69) is 65.2 Å². The first-order valence-electron chi connectivity index (χ1n) is 6.51. The second-order valence-corrected chi connectivity index (χ2v) is 3.25. The summed E-state index contributed by atoms with van der Waals surface area (Å²) >= 11 is 0. The van der Waals surface area contributed by atoms with Crippen molar-refractivity contribution >= 4 is 0 Å². The Morgan fingerprint density at radius 2 is 0.724 bits per heavy atom. The summed E-state index contributed by atoms with van der Waals surface area (Å²) in [6, 6.07) is 0. The van der Waals surface area contributed by atoms with E-state index in [4.69, 9.17) is 30.6 Å². The van der Waals surface area contributed by atoms with Gasteiger partial charge in [0.2, 0.25) is 0 Å². The van der Waals surface area contributed by atoms with Crippen molar-refractivity contribution in [3.8, 4) is 0 Å². The van der Waals surface area contributed by atoms with Crippen molar-refractivity contribution in [3.63, 3.8) is 0 Å². The molecule has 4 aromatic heterocycles. The van der Waals surface area contributed by atoms with Crippen molar-refractivity contribution in [1.82, 2.24) is 39.9 Å². The minimum Gasteiger partial charge on any atom is -0.467 e. The number of nitrogens with one attached hydrogen (secondary N) is 4. The molecule has 4 N–H and O–H groups in total. The standard InChI is InChI=1S/4C3H3N2.Cu.2NO3/c4*1-2-5-3-4-1;;2*2-1(3)4/h4*1-2H,(H,4,5);;;/q4*-1;+2;2*-1. The van der Waals surface area contributed by atoms with Crippen molar-refractivity contribution in [1.29, 1.82) is 0 Å². The minimum atomic E-state index is -1.75. The number of nitrogens with zero attached hydrogens (tertiary/aromatic N) is 6. The second-order valence-electron chi connectivity index (χ2n) is 3.25. The Labute approximate surface area is 173 Å². The number of hydrogen-bond acceptors (Lipinski definition) is 10. The molecule has 161 valence electrons. The van der Waals surface area contributed by atoms with Gasteiger partial charge in [0, 0.05) is 0 Å². The number of hydrogen-bond donors (Lipinski definition) is 4. The van der Waals surface area contributed by atoms with Crippen LogP contribution in [0, 0.1) is 56.0 Å². The third kappa shape index (κ3) is 45.3. The molecule has 0 aliphatic rings. The minimum absolute atomic E-state index is 0. The molecule has 4 rings (SSSR count). The Balaban J connectivity index is -0.000000279. The summed E-state index contributed by atoms with van der Waals surface area (Å²) in [5, 5.41) is 29.5. The van der Waals surface area contributed by atoms with Gasteiger partial charge in [0.25, 0.3) is 0 Å². The number of H-pyrrole nitrogens is 4. The quantitative estimate of drug-likeness (QED) is 0.122. The summed E-state index contributed by atoms with van der Waals surface area (Å²) in [4.78, 5) is 41.2. The average Bonchev–Trinajstić information content (AvgIpc) is 3.52. The van der Waals surface area contributed by atoms with Crippen LogP contribution in [-0.2, 0) is 17.1 Å². The maximum atomic E-state index is 8.25. The Kier molecular flexibility index (Phi) is 26.5. The second kappa shape index (κ2) is 26.0. The van der Waals surface area contributed by atoms with Crippen molar-refractivity contribution in [2.24, 2.45) is 0 Å². The summed E-state index contributed by atoms with van der Waals surface area (Å²) in [6.45, 7) is 0. The van der Waals surface area contributed by atoms with Crippen LogP contribution in [0.3, 0.4) is 0 Å². The molecule has 0 bridgehead atoms. The number of imidazole rings is 4. The monoisotopic (exact) mass is 455 g/mol. The number of rotatable bonds is 0. The topological polar surface area (TPSA) is 247 Å². The van der Waals surface area contributed by atoms with Crippen LogP contribution < -0.4 is 0 Å². The molecule has 1 radical (unpaired) electrons. The molecule has 0 aliphatic heterocycles. The van der Waals surface area contributed by atoms with Gasteiger partial charge >= 0.3 is 17.1 Å². The van der Waals surface area contributed by atoms with Gasteiger partial charge in [0.1, 0.15) is 0 Å². The van der Waals surface area contributed by atoms with Crippen LogP contribution in [0.25, 0.3) is 0 Å². The molecule has 0 saturated carbocycles. The van der Waals surface area contributed by atoms with Crippen molar-refractivity contribution in [2.75, 3.05) is 0 Å². The maximum Gasteiger partial charge on any atom is 2.00 e. The largest absolute Gasteiger partial charge is 2.00 e. The molecule has 0 atom stereocenters. The van der Waals surface area contributed by atoms with Crippen LogP contribution in [0.5, 0.6) is 0 Å².